The second kappa shape index (κ2) is 3.23. The number of carbonyl (C=O) groups excluding carboxylic acids is 1. The molecule has 0 heterocycles. The van der Waals surface area contributed by atoms with Crippen LogP contribution in [0.2, 0.25) is 0 Å². The highest BCUT2D eigenvalue weighted by Crippen LogP contribution is 2.15. The molecule has 0 aromatic heterocycles. The normalized spacial score (nSPS) is 12.4. The average molecular weight is 166 g/mol. The first-order chi connectivity index (χ1) is 5.61. The number of aromatic hydroxyl groups is 1. The van der Waals surface area contributed by atoms with Crippen molar-refractivity contribution in [2.24, 2.45) is 11.5 Å². The summed E-state index contributed by atoms with van der Waals surface area (Å²) in [6.07, 6.45) is 0. The number of hydrogen-bond donors (Lipinski definition) is 3. The van der Waals surface area contributed by atoms with Crippen LogP contribution in [0.3, 0.4) is 0 Å². The van der Waals surface area contributed by atoms with E-state index in [-0.39, 0.29) is 5.75 Å². The van der Waals surface area contributed by atoms with Gasteiger partial charge >= 0.3 is 0 Å². The molecular weight excluding hydrogens is 156 g/mol. The van der Waals surface area contributed by atoms with Crippen LogP contribution in [-0.4, -0.2) is 11.0 Å². The van der Waals surface area contributed by atoms with Crippen molar-refractivity contribution in [2.45, 2.75) is 6.04 Å². The minimum Gasteiger partial charge on any atom is -0.508 e. The molecule has 0 saturated carbocycles. The van der Waals surface area contributed by atoms with E-state index in [9.17, 15) is 4.79 Å². The maximum absolute atomic E-state index is 10.6. The van der Waals surface area contributed by atoms with E-state index in [0.717, 1.165) is 0 Å². The molecule has 0 radical (unpaired) electrons. The Bertz CT molecular complexity index is 299. The van der Waals surface area contributed by atoms with Crippen molar-refractivity contribution in [1.82, 2.24) is 0 Å². The molecule has 5 N–H and O–H groups in total. The second-order valence-corrected chi connectivity index (χ2v) is 2.48. The molecule has 64 valence electrons. The highest BCUT2D eigenvalue weighted by atomic mass is 16.3. The fraction of sp³-hybridized carbons (Fsp3) is 0.125. The van der Waals surface area contributed by atoms with Gasteiger partial charge < -0.3 is 16.6 Å². The van der Waals surface area contributed by atoms with E-state index < -0.39 is 11.9 Å². The van der Waals surface area contributed by atoms with Crippen LogP contribution in [0.1, 0.15) is 11.6 Å². The van der Waals surface area contributed by atoms with Crippen LogP contribution in [0.25, 0.3) is 0 Å². The number of rotatable bonds is 2. The van der Waals surface area contributed by atoms with Gasteiger partial charge in [0.15, 0.2) is 0 Å². The van der Waals surface area contributed by atoms with E-state index in [0.29, 0.717) is 5.56 Å². The van der Waals surface area contributed by atoms with Gasteiger partial charge in [-0.15, -0.1) is 0 Å². The van der Waals surface area contributed by atoms with Gasteiger partial charge in [-0.2, -0.15) is 0 Å². The fourth-order valence-corrected chi connectivity index (χ4v) is 0.883. The lowest BCUT2D eigenvalue weighted by atomic mass is 10.1. The zero-order valence-corrected chi connectivity index (χ0v) is 6.40. The summed E-state index contributed by atoms with van der Waals surface area (Å²) in [5.41, 5.74) is 10.9. The van der Waals surface area contributed by atoms with Gasteiger partial charge in [0, 0.05) is 0 Å². The Balaban J connectivity index is 2.95. The topological polar surface area (TPSA) is 89.3 Å². The SMILES string of the molecule is NC(=O)[C@@H](N)c1cccc(O)c1. The maximum atomic E-state index is 10.6. The summed E-state index contributed by atoms with van der Waals surface area (Å²) in [6.45, 7) is 0. The molecule has 0 aliphatic carbocycles. The molecule has 1 aromatic rings. The molecule has 0 saturated heterocycles. The van der Waals surface area contributed by atoms with Crippen molar-refractivity contribution < 1.29 is 9.90 Å². The van der Waals surface area contributed by atoms with Crippen LogP contribution in [0.4, 0.5) is 0 Å². The zero-order chi connectivity index (χ0) is 9.14. The maximum Gasteiger partial charge on any atom is 0.238 e. The Morgan fingerprint density at radius 2 is 2.17 bits per heavy atom. The van der Waals surface area contributed by atoms with Gasteiger partial charge in [-0.25, -0.2) is 0 Å². The van der Waals surface area contributed by atoms with Crippen molar-refractivity contribution >= 4 is 5.91 Å². The first-order valence-corrected chi connectivity index (χ1v) is 3.45. The second-order valence-electron chi connectivity index (χ2n) is 2.48. The Hall–Kier alpha value is -1.55. The smallest absolute Gasteiger partial charge is 0.238 e. The minimum absolute atomic E-state index is 0.0733. The van der Waals surface area contributed by atoms with Gasteiger partial charge in [0.25, 0.3) is 0 Å². The molecule has 0 fully saturated rings. The summed E-state index contributed by atoms with van der Waals surface area (Å²) < 4.78 is 0. The summed E-state index contributed by atoms with van der Waals surface area (Å²) in [7, 11) is 0. The Labute approximate surface area is 69.8 Å². The number of phenolic OH excluding ortho intramolecular Hbond substituents is 1. The number of carbonyl (C=O) groups is 1. The molecule has 1 rings (SSSR count). The van der Waals surface area contributed by atoms with Gasteiger partial charge in [-0.1, -0.05) is 12.1 Å². The predicted molar refractivity (Wildman–Crippen MR) is 44.2 cm³/mol. The van der Waals surface area contributed by atoms with Gasteiger partial charge in [-0.05, 0) is 17.7 Å². The third-order valence-corrected chi connectivity index (χ3v) is 1.54. The van der Waals surface area contributed by atoms with Crippen LogP contribution in [0.5, 0.6) is 5.75 Å². The molecule has 0 unspecified atom stereocenters. The molecule has 1 aromatic carbocycles. The van der Waals surface area contributed by atoms with Crippen molar-refractivity contribution in [2.75, 3.05) is 0 Å². The molecule has 0 aliphatic heterocycles. The Morgan fingerprint density at radius 3 is 2.67 bits per heavy atom. The molecule has 1 atom stereocenters. The van der Waals surface area contributed by atoms with Crippen LogP contribution in [-0.2, 0) is 4.79 Å². The third kappa shape index (κ3) is 1.73. The van der Waals surface area contributed by atoms with Gasteiger partial charge in [0.2, 0.25) is 5.91 Å². The lowest BCUT2D eigenvalue weighted by Gasteiger charge is -2.06. The van der Waals surface area contributed by atoms with Gasteiger partial charge in [-0.3, -0.25) is 4.79 Å². The number of phenols is 1. The third-order valence-electron chi connectivity index (χ3n) is 1.54. The van der Waals surface area contributed by atoms with Crippen LogP contribution >= 0.6 is 0 Å². The minimum atomic E-state index is -0.850. The highest BCUT2D eigenvalue weighted by Gasteiger charge is 2.11. The standard InChI is InChI=1S/C8H10N2O2/c9-7(8(10)12)5-2-1-3-6(11)4-5/h1-4,7,11H,9H2,(H2,10,12)/t7-/m0/s1. The van der Waals surface area contributed by atoms with Gasteiger partial charge in [0.05, 0.1) is 0 Å². The quantitative estimate of drug-likeness (QED) is 0.572. The van der Waals surface area contributed by atoms with Crippen molar-refractivity contribution in [3.8, 4) is 5.75 Å². The fourth-order valence-electron chi connectivity index (χ4n) is 0.883. The Kier molecular flexibility index (Phi) is 2.30. The molecular formula is C8H10N2O2. The average Bonchev–Trinajstić information content (AvgIpc) is 2.03. The molecule has 4 nitrogen and oxygen atoms in total. The lowest BCUT2D eigenvalue weighted by molar-refractivity contribution is -0.119. The number of nitrogens with two attached hydrogens (primary N) is 2. The molecule has 0 aliphatic rings. The number of primary amides is 1. The predicted octanol–water partition coefficient (Wildman–Crippen LogP) is -0.123. The number of hydrogen-bond acceptors (Lipinski definition) is 3. The summed E-state index contributed by atoms with van der Waals surface area (Å²) in [6, 6.07) is 5.30. The van der Waals surface area contributed by atoms with E-state index in [2.05, 4.69) is 0 Å². The largest absolute Gasteiger partial charge is 0.508 e. The zero-order valence-electron chi connectivity index (χ0n) is 6.40. The monoisotopic (exact) mass is 166 g/mol. The summed E-state index contributed by atoms with van der Waals surface area (Å²) in [5.74, 6) is -0.537. The van der Waals surface area contributed by atoms with E-state index >= 15 is 0 Å². The van der Waals surface area contributed by atoms with Crippen LogP contribution in [0.15, 0.2) is 24.3 Å². The molecule has 0 bridgehead atoms. The molecule has 0 spiro atoms. The first-order valence-electron chi connectivity index (χ1n) is 3.45. The Morgan fingerprint density at radius 1 is 1.50 bits per heavy atom. The summed E-state index contributed by atoms with van der Waals surface area (Å²) in [4.78, 5) is 10.6. The van der Waals surface area contributed by atoms with Crippen LogP contribution in [0, 0.1) is 0 Å². The van der Waals surface area contributed by atoms with E-state index in [1.807, 2.05) is 0 Å². The van der Waals surface area contributed by atoms with E-state index in [4.69, 9.17) is 16.6 Å². The first kappa shape index (κ1) is 8.55. The van der Waals surface area contributed by atoms with Crippen molar-refractivity contribution in [3.05, 3.63) is 29.8 Å². The summed E-state index contributed by atoms with van der Waals surface area (Å²) in [5, 5.41) is 9.04. The number of amides is 1. The molecule has 4 heteroatoms. The van der Waals surface area contributed by atoms with Crippen molar-refractivity contribution in [1.29, 1.82) is 0 Å². The van der Waals surface area contributed by atoms with Crippen molar-refractivity contribution in [3.63, 3.8) is 0 Å². The molecule has 12 heavy (non-hydrogen) atoms. The lowest BCUT2D eigenvalue weighted by Crippen LogP contribution is -2.28. The van der Waals surface area contributed by atoms with Crippen LogP contribution < -0.4 is 11.5 Å². The molecule has 1 amide bonds. The van der Waals surface area contributed by atoms with E-state index in [1.54, 1.807) is 12.1 Å². The number of benzene rings is 1. The highest BCUT2D eigenvalue weighted by molar-refractivity contribution is 5.81. The van der Waals surface area contributed by atoms with Gasteiger partial charge in [0.1, 0.15) is 11.8 Å². The summed E-state index contributed by atoms with van der Waals surface area (Å²) >= 11 is 0. The van der Waals surface area contributed by atoms with E-state index in [1.165, 1.54) is 12.1 Å².